The van der Waals surface area contributed by atoms with Crippen LogP contribution in [0.3, 0.4) is 0 Å². The maximum atomic E-state index is 9.11. The fraction of sp³-hybridized carbons (Fsp3) is 0.647. The molecule has 5 nitrogen and oxygen atoms in total. The SMILES string of the molecule is CCCCCCCCCCCCc1ccc(N=Nc2ccc(OCCCCCC[N+](C)(C)CCO)cc2)cc1. The molecule has 2 aromatic rings. The Hall–Kier alpha value is -2.24. The number of ether oxygens (including phenoxy) is 1. The van der Waals surface area contributed by atoms with E-state index in [1.807, 2.05) is 24.3 Å². The molecule has 0 fully saturated rings. The van der Waals surface area contributed by atoms with Gasteiger partial charge in [0.1, 0.15) is 12.3 Å². The van der Waals surface area contributed by atoms with Crippen molar-refractivity contribution in [2.45, 2.75) is 103 Å². The monoisotopic (exact) mass is 538 g/mol. The predicted octanol–water partition coefficient (Wildman–Crippen LogP) is 9.57. The average Bonchev–Trinajstić information content (AvgIpc) is 2.93. The molecule has 2 aromatic carbocycles. The van der Waals surface area contributed by atoms with Gasteiger partial charge in [0.2, 0.25) is 0 Å². The van der Waals surface area contributed by atoms with Crippen molar-refractivity contribution in [3.63, 3.8) is 0 Å². The third-order valence-corrected chi connectivity index (χ3v) is 7.50. The third-order valence-electron chi connectivity index (χ3n) is 7.50. The summed E-state index contributed by atoms with van der Waals surface area (Å²) in [5.74, 6) is 0.881. The van der Waals surface area contributed by atoms with Crippen molar-refractivity contribution in [3.05, 3.63) is 54.1 Å². The number of likely N-dealkylation sites (N-methyl/N-ethyl adjacent to an activating group) is 1. The summed E-state index contributed by atoms with van der Waals surface area (Å²) in [5, 5.41) is 17.9. The van der Waals surface area contributed by atoms with Crippen LogP contribution in [0.5, 0.6) is 5.75 Å². The van der Waals surface area contributed by atoms with Crippen molar-refractivity contribution in [2.75, 3.05) is 40.4 Å². The van der Waals surface area contributed by atoms with Gasteiger partial charge in [-0.25, -0.2) is 0 Å². The summed E-state index contributed by atoms with van der Waals surface area (Å²) in [6.07, 6.45) is 19.5. The van der Waals surface area contributed by atoms with Crippen LogP contribution >= 0.6 is 0 Å². The highest BCUT2D eigenvalue weighted by atomic mass is 16.5. The number of aliphatic hydroxyl groups is 1. The number of hydrogen-bond donors (Lipinski definition) is 1. The van der Waals surface area contributed by atoms with E-state index in [1.165, 1.54) is 89.0 Å². The zero-order chi connectivity index (χ0) is 28.0. The van der Waals surface area contributed by atoms with Gasteiger partial charge < -0.3 is 14.3 Å². The van der Waals surface area contributed by atoms with E-state index in [-0.39, 0.29) is 6.61 Å². The number of benzene rings is 2. The lowest BCUT2D eigenvalue weighted by molar-refractivity contribution is -0.890. The van der Waals surface area contributed by atoms with Crippen molar-refractivity contribution in [2.24, 2.45) is 10.2 Å². The number of aliphatic hydroxyl groups excluding tert-OH is 1. The number of azo groups is 1. The molecule has 0 saturated heterocycles. The maximum Gasteiger partial charge on any atom is 0.119 e. The van der Waals surface area contributed by atoms with Gasteiger partial charge in [0, 0.05) is 0 Å². The molecule has 0 heterocycles. The highest BCUT2D eigenvalue weighted by molar-refractivity contribution is 5.43. The van der Waals surface area contributed by atoms with E-state index in [0.29, 0.717) is 0 Å². The predicted molar refractivity (Wildman–Crippen MR) is 165 cm³/mol. The van der Waals surface area contributed by atoms with Crippen molar-refractivity contribution in [3.8, 4) is 5.75 Å². The van der Waals surface area contributed by atoms with E-state index >= 15 is 0 Å². The molecule has 0 atom stereocenters. The summed E-state index contributed by atoms with van der Waals surface area (Å²) in [6, 6.07) is 16.4. The molecule has 1 N–H and O–H groups in total. The highest BCUT2D eigenvalue weighted by Crippen LogP contribution is 2.22. The molecule has 0 bridgehead atoms. The second kappa shape index (κ2) is 20.6. The first kappa shape index (κ1) is 33.0. The van der Waals surface area contributed by atoms with Crippen LogP contribution in [0.1, 0.15) is 102 Å². The molecular weight excluding hydrogens is 482 g/mol. The molecule has 2 rings (SSSR count). The Bertz CT molecular complexity index is 878. The van der Waals surface area contributed by atoms with Crippen LogP contribution in [0.4, 0.5) is 11.4 Å². The number of rotatable bonds is 23. The van der Waals surface area contributed by atoms with Crippen molar-refractivity contribution >= 4 is 11.4 Å². The van der Waals surface area contributed by atoms with Crippen LogP contribution in [0, 0.1) is 0 Å². The van der Waals surface area contributed by atoms with E-state index in [9.17, 15) is 0 Å². The molecule has 0 spiro atoms. The molecule has 5 heteroatoms. The Labute approximate surface area is 239 Å². The Morgan fingerprint density at radius 3 is 1.72 bits per heavy atom. The summed E-state index contributed by atoms with van der Waals surface area (Å²) >= 11 is 0. The smallest absolute Gasteiger partial charge is 0.119 e. The molecule has 0 aliphatic heterocycles. The van der Waals surface area contributed by atoms with Crippen molar-refractivity contribution in [1.82, 2.24) is 0 Å². The molecular formula is C34H56N3O2+. The van der Waals surface area contributed by atoms with Gasteiger partial charge in [-0.15, -0.1) is 0 Å². The van der Waals surface area contributed by atoms with E-state index in [2.05, 4.69) is 55.5 Å². The Morgan fingerprint density at radius 1 is 0.615 bits per heavy atom. The first-order chi connectivity index (χ1) is 19.0. The molecule has 0 unspecified atom stereocenters. The van der Waals surface area contributed by atoms with E-state index in [1.54, 1.807) is 0 Å². The van der Waals surface area contributed by atoms with Crippen LogP contribution in [0.2, 0.25) is 0 Å². The quantitative estimate of drug-likeness (QED) is 0.0870. The molecule has 0 radical (unpaired) electrons. The first-order valence-corrected chi connectivity index (χ1v) is 15.7. The number of quaternary nitrogens is 1. The largest absolute Gasteiger partial charge is 0.494 e. The van der Waals surface area contributed by atoms with Gasteiger partial charge in [0.15, 0.2) is 0 Å². The van der Waals surface area contributed by atoms with Crippen LogP contribution in [0.15, 0.2) is 58.8 Å². The van der Waals surface area contributed by atoms with Crippen LogP contribution < -0.4 is 4.74 Å². The summed E-state index contributed by atoms with van der Waals surface area (Å²) in [6.45, 7) is 5.21. The molecule has 218 valence electrons. The minimum atomic E-state index is 0.258. The first-order valence-electron chi connectivity index (χ1n) is 15.7. The molecule has 0 amide bonds. The van der Waals surface area contributed by atoms with Gasteiger partial charge >= 0.3 is 0 Å². The Kier molecular flexibility index (Phi) is 17.4. The third kappa shape index (κ3) is 16.5. The van der Waals surface area contributed by atoms with Gasteiger partial charge in [-0.05, 0) is 80.5 Å². The molecule has 0 saturated carbocycles. The fourth-order valence-corrected chi connectivity index (χ4v) is 4.84. The number of hydrogen-bond acceptors (Lipinski definition) is 4. The lowest BCUT2D eigenvalue weighted by Gasteiger charge is -2.28. The van der Waals surface area contributed by atoms with Crippen molar-refractivity contribution < 1.29 is 14.3 Å². The van der Waals surface area contributed by atoms with E-state index in [0.717, 1.165) is 54.1 Å². The maximum absolute atomic E-state index is 9.11. The standard InChI is InChI=1S/C34H56N3O2/c1-4-5-6-7-8-9-10-11-12-15-18-31-19-21-32(22-20-31)35-36-33-23-25-34(26-24-33)39-30-17-14-13-16-27-37(2,3)28-29-38/h19-26,38H,4-18,27-30H2,1-3H3/q+1. The Morgan fingerprint density at radius 2 is 1.13 bits per heavy atom. The van der Waals surface area contributed by atoms with E-state index < -0.39 is 0 Å². The topological polar surface area (TPSA) is 54.2 Å². The van der Waals surface area contributed by atoms with Crippen LogP contribution in [-0.2, 0) is 6.42 Å². The summed E-state index contributed by atoms with van der Waals surface area (Å²) in [4.78, 5) is 0. The lowest BCUT2D eigenvalue weighted by atomic mass is 10.0. The fourth-order valence-electron chi connectivity index (χ4n) is 4.84. The van der Waals surface area contributed by atoms with E-state index in [4.69, 9.17) is 9.84 Å². The highest BCUT2D eigenvalue weighted by Gasteiger charge is 2.12. The number of aryl methyl sites for hydroxylation is 1. The van der Waals surface area contributed by atoms with Gasteiger partial charge in [0.05, 0.1) is 45.2 Å². The van der Waals surface area contributed by atoms with Gasteiger partial charge in [-0.1, -0.05) is 76.8 Å². The summed E-state index contributed by atoms with van der Waals surface area (Å²) in [5.41, 5.74) is 3.11. The van der Waals surface area contributed by atoms with Gasteiger partial charge in [-0.2, -0.15) is 10.2 Å². The lowest BCUT2D eigenvalue weighted by Crippen LogP contribution is -2.42. The molecule has 39 heavy (non-hydrogen) atoms. The minimum Gasteiger partial charge on any atom is -0.494 e. The Balaban J connectivity index is 1.56. The zero-order valence-corrected chi connectivity index (χ0v) is 25.3. The number of unbranched alkanes of at least 4 members (excludes halogenated alkanes) is 12. The van der Waals surface area contributed by atoms with Crippen LogP contribution in [-0.4, -0.2) is 50.0 Å². The normalized spacial score (nSPS) is 11.9. The molecule has 0 aromatic heterocycles. The second-order valence-corrected chi connectivity index (χ2v) is 11.7. The van der Waals surface area contributed by atoms with Crippen LogP contribution in [0.25, 0.3) is 0 Å². The van der Waals surface area contributed by atoms with Crippen molar-refractivity contribution in [1.29, 1.82) is 0 Å². The van der Waals surface area contributed by atoms with Gasteiger partial charge in [-0.3, -0.25) is 0 Å². The molecule has 0 aliphatic carbocycles. The zero-order valence-electron chi connectivity index (χ0n) is 25.3. The number of nitrogens with zero attached hydrogens (tertiary/aromatic N) is 3. The second-order valence-electron chi connectivity index (χ2n) is 11.7. The molecule has 0 aliphatic rings. The average molecular weight is 539 g/mol. The minimum absolute atomic E-state index is 0.258. The summed E-state index contributed by atoms with van der Waals surface area (Å²) in [7, 11) is 4.36. The summed E-state index contributed by atoms with van der Waals surface area (Å²) < 4.78 is 6.78. The van der Waals surface area contributed by atoms with Gasteiger partial charge in [0.25, 0.3) is 0 Å².